The highest BCUT2D eigenvalue weighted by Crippen LogP contribution is 2.36. The number of cyclic esters (lactones) is 1. The molecule has 0 bridgehead atoms. The van der Waals surface area contributed by atoms with Crippen LogP contribution in [0.4, 0.5) is 10.5 Å². The van der Waals surface area contributed by atoms with Gasteiger partial charge in [-0.15, -0.1) is 12.4 Å². The van der Waals surface area contributed by atoms with Crippen LogP contribution in [-0.2, 0) is 4.74 Å². The van der Waals surface area contributed by atoms with Gasteiger partial charge in [-0.25, -0.2) is 4.79 Å². The molecule has 0 aromatic heterocycles. The van der Waals surface area contributed by atoms with Crippen molar-refractivity contribution in [2.45, 2.75) is 33.7 Å². The van der Waals surface area contributed by atoms with Gasteiger partial charge in [0.25, 0.3) is 0 Å². The Balaban J connectivity index is 0.00000220. The van der Waals surface area contributed by atoms with Crippen LogP contribution >= 0.6 is 12.4 Å². The van der Waals surface area contributed by atoms with Gasteiger partial charge in [0.2, 0.25) is 0 Å². The molecule has 1 fully saturated rings. The molecule has 1 heterocycles. The van der Waals surface area contributed by atoms with Crippen molar-refractivity contribution in [1.29, 1.82) is 0 Å². The first kappa shape index (κ1) is 17.6. The largest absolute Gasteiger partial charge is 0.449 e. The third-order valence-corrected chi connectivity index (χ3v) is 3.97. The van der Waals surface area contributed by atoms with Gasteiger partial charge < -0.3 is 15.0 Å². The number of nitrogens with zero attached hydrogens (tertiary/aromatic N) is 1. The zero-order chi connectivity index (χ0) is 14.8. The lowest BCUT2D eigenvalue weighted by molar-refractivity contribution is 0.0387. The van der Waals surface area contributed by atoms with Crippen LogP contribution in [0.5, 0.6) is 0 Å². The predicted octanol–water partition coefficient (Wildman–Crippen LogP) is 3.76. The Labute approximate surface area is 133 Å². The van der Waals surface area contributed by atoms with Gasteiger partial charge in [0.15, 0.2) is 0 Å². The molecule has 2 rings (SSSR count). The van der Waals surface area contributed by atoms with Gasteiger partial charge in [-0.05, 0) is 31.5 Å². The normalized spacial score (nSPS) is 20.0. The lowest BCUT2D eigenvalue weighted by Gasteiger charge is -2.38. The quantitative estimate of drug-likeness (QED) is 0.920. The Morgan fingerprint density at radius 1 is 1.24 bits per heavy atom. The fourth-order valence-corrected chi connectivity index (χ4v) is 2.69. The summed E-state index contributed by atoms with van der Waals surface area (Å²) in [5, 5.41) is 2.92. The number of carbonyl (C=O) groups is 1. The first-order valence-corrected chi connectivity index (χ1v) is 7.26. The summed E-state index contributed by atoms with van der Waals surface area (Å²) in [6, 6.07) is 8.45. The molecule has 118 valence electrons. The van der Waals surface area contributed by atoms with Gasteiger partial charge in [0, 0.05) is 24.2 Å². The molecular weight excluding hydrogens is 288 g/mol. The van der Waals surface area contributed by atoms with E-state index in [2.05, 4.69) is 62.2 Å². The summed E-state index contributed by atoms with van der Waals surface area (Å²) < 4.78 is 5.08. The van der Waals surface area contributed by atoms with E-state index >= 15 is 0 Å². The third-order valence-electron chi connectivity index (χ3n) is 3.97. The van der Waals surface area contributed by atoms with Gasteiger partial charge in [-0.1, -0.05) is 26.0 Å². The average molecular weight is 313 g/mol. The predicted molar refractivity (Wildman–Crippen MR) is 88.3 cm³/mol. The topological polar surface area (TPSA) is 41.6 Å². The molecule has 1 atom stereocenters. The number of nitrogens with one attached hydrogen (secondary N) is 1. The standard InChI is InChI=1S/C16H24N2O2.ClH/c1-5-18(6-2)13-9-7-12(8-10-13)14-16(3,4)11-20-15(19)17-14;/h7-10,14H,5-6,11H2,1-4H3,(H,17,19);1H/t14-;/m1./s1. The van der Waals surface area contributed by atoms with Crippen molar-refractivity contribution in [2.75, 3.05) is 24.6 Å². The van der Waals surface area contributed by atoms with Gasteiger partial charge in [0.05, 0.1) is 6.04 Å². The SMILES string of the molecule is CCN(CC)c1ccc([C@H]2NC(=O)OCC2(C)C)cc1.Cl. The molecule has 0 spiro atoms. The molecule has 1 amide bonds. The summed E-state index contributed by atoms with van der Waals surface area (Å²) in [4.78, 5) is 13.8. The van der Waals surface area contributed by atoms with E-state index in [9.17, 15) is 4.79 Å². The van der Waals surface area contributed by atoms with Crippen LogP contribution in [0.15, 0.2) is 24.3 Å². The maximum atomic E-state index is 11.5. The van der Waals surface area contributed by atoms with Gasteiger partial charge in [0.1, 0.15) is 6.61 Å². The number of hydrogen-bond acceptors (Lipinski definition) is 3. The monoisotopic (exact) mass is 312 g/mol. The Morgan fingerprint density at radius 3 is 2.33 bits per heavy atom. The molecular formula is C16H25ClN2O2. The maximum absolute atomic E-state index is 11.5. The summed E-state index contributed by atoms with van der Waals surface area (Å²) in [5.41, 5.74) is 2.24. The Morgan fingerprint density at radius 2 is 1.81 bits per heavy atom. The van der Waals surface area contributed by atoms with Gasteiger partial charge in [-0.3, -0.25) is 0 Å². The van der Waals surface area contributed by atoms with Crippen molar-refractivity contribution in [3.8, 4) is 0 Å². The zero-order valence-electron chi connectivity index (χ0n) is 13.2. The molecule has 5 heteroatoms. The molecule has 1 aromatic carbocycles. The molecule has 0 aliphatic carbocycles. The number of anilines is 1. The number of halogens is 1. The van der Waals surface area contributed by atoms with Crippen LogP contribution in [0.3, 0.4) is 0 Å². The Hall–Kier alpha value is -1.42. The minimum Gasteiger partial charge on any atom is -0.449 e. The van der Waals surface area contributed by atoms with E-state index in [1.54, 1.807) is 0 Å². The number of rotatable bonds is 4. The van der Waals surface area contributed by atoms with E-state index in [1.807, 2.05) is 0 Å². The molecule has 4 nitrogen and oxygen atoms in total. The smallest absolute Gasteiger partial charge is 0.407 e. The maximum Gasteiger partial charge on any atom is 0.407 e. The highest BCUT2D eigenvalue weighted by Gasteiger charge is 2.37. The van der Waals surface area contributed by atoms with E-state index in [4.69, 9.17) is 4.74 Å². The average Bonchev–Trinajstić information content (AvgIpc) is 2.44. The summed E-state index contributed by atoms with van der Waals surface area (Å²) in [7, 11) is 0. The second kappa shape index (κ2) is 7.03. The number of carbonyl (C=O) groups excluding carboxylic acids is 1. The molecule has 1 aromatic rings. The summed E-state index contributed by atoms with van der Waals surface area (Å²) in [6.45, 7) is 11.0. The van der Waals surface area contributed by atoms with Crippen molar-refractivity contribution in [2.24, 2.45) is 5.41 Å². The van der Waals surface area contributed by atoms with Crippen molar-refractivity contribution >= 4 is 24.2 Å². The van der Waals surface area contributed by atoms with Crippen molar-refractivity contribution in [3.05, 3.63) is 29.8 Å². The molecule has 1 N–H and O–H groups in total. The van der Waals surface area contributed by atoms with E-state index in [1.165, 1.54) is 5.69 Å². The molecule has 21 heavy (non-hydrogen) atoms. The van der Waals surface area contributed by atoms with Crippen LogP contribution in [-0.4, -0.2) is 25.8 Å². The van der Waals surface area contributed by atoms with Crippen LogP contribution in [0, 0.1) is 5.41 Å². The van der Waals surface area contributed by atoms with Crippen LogP contribution in [0.2, 0.25) is 0 Å². The van der Waals surface area contributed by atoms with Crippen LogP contribution in [0.25, 0.3) is 0 Å². The molecule has 0 unspecified atom stereocenters. The van der Waals surface area contributed by atoms with Crippen LogP contribution < -0.4 is 10.2 Å². The number of ether oxygens (including phenoxy) is 1. The van der Waals surface area contributed by atoms with Crippen LogP contribution in [0.1, 0.15) is 39.3 Å². The highest BCUT2D eigenvalue weighted by atomic mass is 35.5. The first-order valence-electron chi connectivity index (χ1n) is 7.26. The molecule has 1 saturated heterocycles. The molecule has 1 aliphatic rings. The minimum absolute atomic E-state index is 0. The number of amides is 1. The molecule has 0 saturated carbocycles. The second-order valence-electron chi connectivity index (χ2n) is 5.91. The van der Waals surface area contributed by atoms with E-state index < -0.39 is 0 Å². The van der Waals surface area contributed by atoms with E-state index in [0.29, 0.717) is 6.61 Å². The molecule has 0 radical (unpaired) electrons. The Bertz CT molecular complexity index is 470. The number of hydrogen-bond donors (Lipinski definition) is 1. The number of alkyl carbamates (subject to hydrolysis) is 1. The van der Waals surface area contributed by atoms with Gasteiger partial charge >= 0.3 is 6.09 Å². The highest BCUT2D eigenvalue weighted by molar-refractivity contribution is 5.85. The molecule has 1 aliphatic heterocycles. The summed E-state index contributed by atoms with van der Waals surface area (Å²) >= 11 is 0. The second-order valence-corrected chi connectivity index (χ2v) is 5.91. The van der Waals surface area contributed by atoms with Crippen molar-refractivity contribution in [1.82, 2.24) is 5.32 Å². The fourth-order valence-electron chi connectivity index (χ4n) is 2.69. The van der Waals surface area contributed by atoms with Crippen molar-refractivity contribution < 1.29 is 9.53 Å². The first-order chi connectivity index (χ1) is 9.47. The minimum atomic E-state index is -0.331. The summed E-state index contributed by atoms with van der Waals surface area (Å²) in [6.07, 6.45) is -0.331. The Kier molecular flexibility index (Phi) is 5.90. The third kappa shape index (κ3) is 3.82. The van der Waals surface area contributed by atoms with E-state index in [-0.39, 0.29) is 30.0 Å². The summed E-state index contributed by atoms with van der Waals surface area (Å²) in [5.74, 6) is 0. The van der Waals surface area contributed by atoms with Crippen molar-refractivity contribution in [3.63, 3.8) is 0 Å². The van der Waals surface area contributed by atoms with E-state index in [0.717, 1.165) is 18.7 Å². The number of benzene rings is 1. The zero-order valence-corrected chi connectivity index (χ0v) is 14.0. The lowest BCUT2D eigenvalue weighted by atomic mass is 9.80. The lowest BCUT2D eigenvalue weighted by Crippen LogP contribution is -2.46. The van der Waals surface area contributed by atoms with Gasteiger partial charge in [-0.2, -0.15) is 0 Å². The fraction of sp³-hybridized carbons (Fsp3) is 0.562.